The first-order valence-corrected chi connectivity index (χ1v) is 14.5. The zero-order valence-corrected chi connectivity index (χ0v) is 24.1. The van der Waals surface area contributed by atoms with E-state index in [1.165, 1.54) is 0 Å². The molecule has 0 aliphatic heterocycles. The molecule has 1 unspecified atom stereocenters. The van der Waals surface area contributed by atoms with Crippen LogP contribution in [0.1, 0.15) is 61.8 Å². The number of aliphatic carboxylic acids is 1. The fourth-order valence-corrected chi connectivity index (χ4v) is 6.92. The number of nitrogens with zero attached hydrogens (tertiary/aromatic N) is 1. The molecule has 6 rings (SSSR count). The van der Waals surface area contributed by atoms with Crippen LogP contribution in [0.4, 0.5) is 0 Å². The number of carboxylic acids is 1. The van der Waals surface area contributed by atoms with Gasteiger partial charge in [-0.05, 0) is 75.1 Å². The van der Waals surface area contributed by atoms with Gasteiger partial charge in [0.25, 0.3) is 0 Å². The van der Waals surface area contributed by atoms with Crippen molar-refractivity contribution in [1.82, 2.24) is 5.16 Å². The minimum Gasteiger partial charge on any atom is -0.489 e. The van der Waals surface area contributed by atoms with Gasteiger partial charge in [-0.15, -0.1) is 0 Å². The van der Waals surface area contributed by atoms with E-state index in [0.29, 0.717) is 68.4 Å². The number of rotatable bonds is 8. The van der Waals surface area contributed by atoms with Gasteiger partial charge >= 0.3 is 5.97 Å². The lowest BCUT2D eigenvalue weighted by atomic mass is 9.60. The molecule has 3 aliphatic carbocycles. The third-order valence-corrected chi connectivity index (χ3v) is 9.35. The molecule has 0 radical (unpaired) electrons. The number of halogens is 3. The van der Waals surface area contributed by atoms with Crippen molar-refractivity contribution in [2.24, 2.45) is 11.8 Å². The summed E-state index contributed by atoms with van der Waals surface area (Å²) < 4.78 is 11.9. The highest BCUT2D eigenvalue weighted by atomic mass is 35.5. The fourth-order valence-electron chi connectivity index (χ4n) is 6.00. The average Bonchev–Trinajstić information content (AvgIpc) is 3.66. The molecule has 0 amide bonds. The summed E-state index contributed by atoms with van der Waals surface area (Å²) in [5, 5.41) is 26.5. The van der Waals surface area contributed by atoms with E-state index >= 15 is 0 Å². The van der Waals surface area contributed by atoms with Crippen LogP contribution in [0.15, 0.2) is 64.2 Å². The molecule has 2 saturated carbocycles. The molecule has 6 nitrogen and oxygen atoms in total. The molecular weight excluding hydrogens is 573 g/mol. The van der Waals surface area contributed by atoms with Gasteiger partial charge in [-0.1, -0.05) is 69.8 Å². The summed E-state index contributed by atoms with van der Waals surface area (Å²) in [5.74, 6) is 1.03. The van der Waals surface area contributed by atoms with Crippen molar-refractivity contribution >= 4 is 40.8 Å². The van der Waals surface area contributed by atoms with Crippen LogP contribution in [-0.2, 0) is 17.0 Å². The van der Waals surface area contributed by atoms with Crippen LogP contribution >= 0.6 is 34.8 Å². The molecule has 2 fully saturated rings. The highest BCUT2D eigenvalue weighted by Crippen LogP contribution is 2.54. The third kappa shape index (κ3) is 5.07. The summed E-state index contributed by atoms with van der Waals surface area (Å²) >= 11 is 19.6. The van der Waals surface area contributed by atoms with Crippen molar-refractivity contribution in [3.8, 4) is 17.0 Å². The van der Waals surface area contributed by atoms with Gasteiger partial charge < -0.3 is 19.5 Å². The van der Waals surface area contributed by atoms with Gasteiger partial charge in [0.15, 0.2) is 0 Å². The van der Waals surface area contributed by atoms with E-state index in [1.54, 1.807) is 42.5 Å². The normalized spacial score (nSPS) is 24.2. The van der Waals surface area contributed by atoms with Crippen molar-refractivity contribution in [2.75, 3.05) is 0 Å². The quantitative estimate of drug-likeness (QED) is 0.270. The molecule has 0 bridgehead atoms. The molecule has 3 aromatic rings. The van der Waals surface area contributed by atoms with E-state index in [0.717, 1.165) is 29.7 Å². The largest absolute Gasteiger partial charge is 0.489 e. The molecular formula is C31H28Cl3NO5. The van der Waals surface area contributed by atoms with Crippen LogP contribution in [0.25, 0.3) is 11.3 Å². The van der Waals surface area contributed by atoms with Crippen LogP contribution < -0.4 is 4.74 Å². The number of allylic oxidation sites excluding steroid dienone is 3. The summed E-state index contributed by atoms with van der Waals surface area (Å²) in [4.78, 5) is 11.5. The van der Waals surface area contributed by atoms with Crippen molar-refractivity contribution in [2.45, 2.75) is 57.2 Å². The standard InChI is InChI=1S/C31H28Cl3NO5/c1-16-5-6-18(30(36)37)11-21(16)19-13-31(38,14-19)23-10-9-20(12-26(23)34)39-15-22-28(35-40-29(22)17-7-8-17)27-24(32)3-2-4-25(27)33/h2-6,9-10,12,17,19,21,38H,7-8,11,13-15H2,1H3,(H,36,37). The van der Waals surface area contributed by atoms with Crippen LogP contribution in [0.5, 0.6) is 5.75 Å². The van der Waals surface area contributed by atoms with Crippen LogP contribution in [0.2, 0.25) is 15.1 Å². The topological polar surface area (TPSA) is 92.8 Å². The van der Waals surface area contributed by atoms with Gasteiger partial charge in [0.05, 0.1) is 26.2 Å². The van der Waals surface area contributed by atoms with E-state index in [2.05, 4.69) is 5.16 Å². The summed E-state index contributed by atoms with van der Waals surface area (Å²) in [6.45, 7) is 2.21. The third-order valence-electron chi connectivity index (χ3n) is 8.41. The maximum absolute atomic E-state index is 11.5. The Labute approximate surface area is 247 Å². The van der Waals surface area contributed by atoms with E-state index in [4.69, 9.17) is 44.1 Å². The highest BCUT2D eigenvalue weighted by molar-refractivity contribution is 6.39. The smallest absolute Gasteiger partial charge is 0.331 e. The maximum Gasteiger partial charge on any atom is 0.331 e. The first-order valence-electron chi connectivity index (χ1n) is 13.3. The Morgan fingerprint density at radius 2 is 1.82 bits per heavy atom. The van der Waals surface area contributed by atoms with Crippen LogP contribution in [0, 0.1) is 11.8 Å². The molecule has 1 aromatic heterocycles. The Bertz CT molecular complexity index is 1530. The summed E-state index contributed by atoms with van der Waals surface area (Å²) in [6.07, 6.45) is 7.12. The monoisotopic (exact) mass is 599 g/mol. The lowest BCUT2D eigenvalue weighted by molar-refractivity contribution is -0.133. The Morgan fingerprint density at radius 3 is 2.48 bits per heavy atom. The number of hydrogen-bond acceptors (Lipinski definition) is 5. The van der Waals surface area contributed by atoms with E-state index in [9.17, 15) is 15.0 Å². The van der Waals surface area contributed by atoms with Crippen molar-refractivity contribution < 1.29 is 24.3 Å². The SMILES string of the molecule is CC1=CC=C(C(=O)O)CC1C1CC(O)(c2ccc(OCc3c(-c4c(Cl)cccc4Cl)noc3C3CC3)cc2Cl)C1. The predicted molar refractivity (Wildman–Crippen MR) is 154 cm³/mol. The molecule has 3 aliphatic rings. The number of ether oxygens (including phenoxy) is 1. The van der Waals surface area contributed by atoms with E-state index in [-0.39, 0.29) is 18.4 Å². The first-order chi connectivity index (χ1) is 19.1. The molecule has 40 heavy (non-hydrogen) atoms. The van der Waals surface area contributed by atoms with Crippen molar-refractivity contribution in [1.29, 1.82) is 0 Å². The molecule has 208 valence electrons. The lowest BCUT2D eigenvalue weighted by Gasteiger charge is -2.48. The molecule has 2 N–H and O–H groups in total. The second-order valence-corrected chi connectivity index (χ2v) is 12.3. The maximum atomic E-state index is 11.5. The lowest BCUT2D eigenvalue weighted by Crippen LogP contribution is -2.45. The van der Waals surface area contributed by atoms with Gasteiger partial charge in [0, 0.05) is 22.6 Å². The molecule has 1 heterocycles. The zero-order valence-electron chi connectivity index (χ0n) is 21.8. The van der Waals surface area contributed by atoms with Crippen LogP contribution in [0.3, 0.4) is 0 Å². The second kappa shape index (κ2) is 10.6. The number of aliphatic hydroxyl groups is 1. The molecule has 0 saturated heterocycles. The van der Waals surface area contributed by atoms with Gasteiger partial charge in [0.1, 0.15) is 23.8 Å². The van der Waals surface area contributed by atoms with Gasteiger partial charge in [0.2, 0.25) is 0 Å². The number of aromatic nitrogens is 1. The second-order valence-electron chi connectivity index (χ2n) is 11.1. The Balaban J connectivity index is 1.17. The molecule has 2 aromatic carbocycles. The van der Waals surface area contributed by atoms with E-state index < -0.39 is 11.6 Å². The highest BCUT2D eigenvalue weighted by Gasteiger charge is 2.48. The predicted octanol–water partition coefficient (Wildman–Crippen LogP) is 8.33. The van der Waals surface area contributed by atoms with Gasteiger partial charge in [-0.2, -0.15) is 0 Å². The fraction of sp³-hybridized carbons (Fsp3) is 0.355. The summed E-state index contributed by atoms with van der Waals surface area (Å²) in [5.41, 5.74) is 3.13. The Hall–Kier alpha value is -2.77. The number of benzene rings is 2. The molecule has 9 heteroatoms. The molecule has 1 atom stereocenters. The van der Waals surface area contributed by atoms with Crippen molar-refractivity contribution in [3.05, 3.63) is 91.7 Å². The Kier molecular flexibility index (Phi) is 7.24. The average molecular weight is 601 g/mol. The zero-order chi connectivity index (χ0) is 28.2. The first kappa shape index (κ1) is 27.4. The summed E-state index contributed by atoms with van der Waals surface area (Å²) in [6, 6.07) is 10.6. The number of carboxylic acid groups (broad SMARTS) is 1. The van der Waals surface area contributed by atoms with Crippen molar-refractivity contribution in [3.63, 3.8) is 0 Å². The van der Waals surface area contributed by atoms with Crippen LogP contribution in [-0.4, -0.2) is 21.3 Å². The summed E-state index contributed by atoms with van der Waals surface area (Å²) in [7, 11) is 0. The minimum absolute atomic E-state index is 0.0998. The Morgan fingerprint density at radius 1 is 1.10 bits per heavy atom. The van der Waals surface area contributed by atoms with Gasteiger partial charge in [-0.25, -0.2) is 4.79 Å². The minimum atomic E-state index is -1.06. The van der Waals surface area contributed by atoms with E-state index in [1.807, 2.05) is 13.0 Å². The number of carbonyl (C=O) groups is 1. The van der Waals surface area contributed by atoms with Gasteiger partial charge in [-0.3, -0.25) is 0 Å². The molecule has 0 spiro atoms. The number of hydrogen-bond donors (Lipinski definition) is 2.